The number of hydrogen-bond acceptors (Lipinski definition) is 4. The van der Waals surface area contributed by atoms with Crippen molar-refractivity contribution in [2.24, 2.45) is 5.10 Å². The van der Waals surface area contributed by atoms with Crippen LogP contribution < -0.4 is 10.2 Å². The van der Waals surface area contributed by atoms with Gasteiger partial charge in [0.25, 0.3) is 5.91 Å². The van der Waals surface area contributed by atoms with Crippen molar-refractivity contribution in [2.75, 3.05) is 7.11 Å². The van der Waals surface area contributed by atoms with Crippen LogP contribution in [0, 0.1) is 0 Å². The number of fused-ring (bicyclic) bond motifs is 2. The molecule has 0 unspecified atom stereocenters. The Balaban J connectivity index is 1.42. The molecule has 6 nitrogen and oxygen atoms in total. The van der Waals surface area contributed by atoms with Crippen LogP contribution in [0.4, 0.5) is 0 Å². The standard InChI is InChI=1S/C21H18N4O2/c1-27-18-9-8-16-10-15(6-7-17(16)11-18)12-23-24-21(26)13-25-14-22-19-4-2-3-5-20(19)25/h2-12,14H,13H2,1H3,(H,24,26)/b23-12-. The molecule has 27 heavy (non-hydrogen) atoms. The van der Waals surface area contributed by atoms with Gasteiger partial charge in [0, 0.05) is 0 Å². The number of nitrogens with zero attached hydrogens (tertiary/aromatic N) is 3. The summed E-state index contributed by atoms with van der Waals surface area (Å²) in [5.41, 5.74) is 5.25. The number of ether oxygens (including phenoxy) is 1. The number of hydrazone groups is 1. The van der Waals surface area contributed by atoms with Crippen LogP contribution in [0.25, 0.3) is 21.8 Å². The van der Waals surface area contributed by atoms with E-state index in [1.54, 1.807) is 24.2 Å². The Bertz CT molecular complexity index is 1150. The molecular weight excluding hydrogens is 340 g/mol. The molecule has 0 spiro atoms. The lowest BCUT2D eigenvalue weighted by molar-refractivity contribution is -0.121. The molecule has 1 N–H and O–H groups in total. The lowest BCUT2D eigenvalue weighted by Gasteiger charge is -2.04. The molecule has 0 bridgehead atoms. The summed E-state index contributed by atoms with van der Waals surface area (Å²) in [5, 5.41) is 6.22. The fraction of sp³-hybridized carbons (Fsp3) is 0.0952. The van der Waals surface area contributed by atoms with Crippen molar-refractivity contribution < 1.29 is 9.53 Å². The summed E-state index contributed by atoms with van der Waals surface area (Å²) >= 11 is 0. The summed E-state index contributed by atoms with van der Waals surface area (Å²) in [5.74, 6) is 0.614. The fourth-order valence-corrected chi connectivity index (χ4v) is 2.95. The van der Waals surface area contributed by atoms with Crippen LogP contribution in [0.15, 0.2) is 72.1 Å². The Kier molecular flexibility index (Phi) is 4.53. The molecule has 0 atom stereocenters. The second-order valence-corrected chi connectivity index (χ2v) is 6.13. The molecule has 0 radical (unpaired) electrons. The molecule has 4 aromatic rings. The van der Waals surface area contributed by atoms with Crippen LogP contribution in [0.5, 0.6) is 5.75 Å². The third kappa shape index (κ3) is 3.64. The molecule has 6 heteroatoms. The molecule has 0 aliphatic rings. The van der Waals surface area contributed by atoms with E-state index in [0.717, 1.165) is 33.1 Å². The molecule has 3 aromatic carbocycles. The normalized spacial score (nSPS) is 11.3. The second-order valence-electron chi connectivity index (χ2n) is 6.13. The minimum absolute atomic E-state index is 0.162. The van der Waals surface area contributed by atoms with Crippen molar-refractivity contribution >= 4 is 33.9 Å². The first-order valence-electron chi connectivity index (χ1n) is 8.52. The lowest BCUT2D eigenvalue weighted by Crippen LogP contribution is -2.22. The highest BCUT2D eigenvalue weighted by Crippen LogP contribution is 2.21. The molecule has 1 heterocycles. The number of amides is 1. The van der Waals surface area contributed by atoms with Crippen LogP contribution in [0.2, 0.25) is 0 Å². The molecule has 0 saturated carbocycles. The van der Waals surface area contributed by atoms with Gasteiger partial charge in [-0.2, -0.15) is 5.10 Å². The van der Waals surface area contributed by atoms with E-state index in [-0.39, 0.29) is 12.5 Å². The largest absolute Gasteiger partial charge is 0.497 e. The number of methoxy groups -OCH3 is 1. The second kappa shape index (κ2) is 7.29. The maximum atomic E-state index is 12.1. The molecule has 134 valence electrons. The van der Waals surface area contributed by atoms with E-state index in [2.05, 4.69) is 15.5 Å². The van der Waals surface area contributed by atoms with Gasteiger partial charge in [-0.15, -0.1) is 0 Å². The SMILES string of the molecule is COc1ccc2cc(/C=N\NC(=O)Cn3cnc4ccccc43)ccc2c1. The first-order valence-corrected chi connectivity index (χ1v) is 8.52. The van der Waals surface area contributed by atoms with Gasteiger partial charge in [-0.1, -0.05) is 30.3 Å². The van der Waals surface area contributed by atoms with Crippen molar-refractivity contribution in [1.82, 2.24) is 15.0 Å². The summed E-state index contributed by atoms with van der Waals surface area (Å²) in [6.45, 7) is 0.162. The number of aromatic nitrogens is 2. The van der Waals surface area contributed by atoms with Gasteiger partial charge in [0.15, 0.2) is 0 Å². The summed E-state index contributed by atoms with van der Waals surface area (Å²) in [7, 11) is 1.65. The Labute approximate surface area is 156 Å². The van der Waals surface area contributed by atoms with Gasteiger partial charge >= 0.3 is 0 Å². The quantitative estimate of drug-likeness (QED) is 0.439. The maximum absolute atomic E-state index is 12.1. The molecule has 0 fully saturated rings. The molecule has 4 rings (SSSR count). The zero-order valence-corrected chi connectivity index (χ0v) is 14.8. The Hall–Kier alpha value is -3.67. The van der Waals surface area contributed by atoms with E-state index in [4.69, 9.17) is 4.74 Å². The van der Waals surface area contributed by atoms with E-state index < -0.39 is 0 Å². The van der Waals surface area contributed by atoms with Crippen LogP contribution in [0.3, 0.4) is 0 Å². The number of para-hydroxylation sites is 2. The predicted molar refractivity (Wildman–Crippen MR) is 106 cm³/mol. The first-order chi connectivity index (χ1) is 13.2. The molecule has 1 amide bonds. The summed E-state index contributed by atoms with van der Waals surface area (Å²) < 4.78 is 7.03. The Morgan fingerprint density at radius 2 is 1.96 bits per heavy atom. The zero-order chi connectivity index (χ0) is 18.6. The van der Waals surface area contributed by atoms with Gasteiger partial charge in [0.05, 0.1) is 30.7 Å². The first kappa shape index (κ1) is 16.8. The zero-order valence-electron chi connectivity index (χ0n) is 14.8. The predicted octanol–water partition coefficient (Wildman–Crippen LogP) is 3.35. The number of imidazole rings is 1. The highest BCUT2D eigenvalue weighted by molar-refractivity contribution is 5.91. The summed E-state index contributed by atoms with van der Waals surface area (Å²) in [6.07, 6.45) is 3.29. The van der Waals surface area contributed by atoms with Gasteiger partial charge in [-0.05, 0) is 46.7 Å². The third-order valence-electron chi connectivity index (χ3n) is 4.32. The third-order valence-corrected chi connectivity index (χ3v) is 4.32. The number of nitrogens with one attached hydrogen (secondary N) is 1. The van der Waals surface area contributed by atoms with E-state index >= 15 is 0 Å². The molecule has 0 aliphatic carbocycles. The molecular formula is C21H18N4O2. The van der Waals surface area contributed by atoms with Crippen molar-refractivity contribution in [3.63, 3.8) is 0 Å². The van der Waals surface area contributed by atoms with E-state index in [1.807, 2.05) is 60.7 Å². The van der Waals surface area contributed by atoms with Crippen LogP contribution in [0.1, 0.15) is 5.56 Å². The van der Waals surface area contributed by atoms with Crippen molar-refractivity contribution in [2.45, 2.75) is 6.54 Å². The van der Waals surface area contributed by atoms with E-state index in [1.165, 1.54) is 0 Å². The van der Waals surface area contributed by atoms with Crippen molar-refractivity contribution in [1.29, 1.82) is 0 Å². The monoisotopic (exact) mass is 358 g/mol. The highest BCUT2D eigenvalue weighted by Gasteiger charge is 2.06. The average Bonchev–Trinajstić information content (AvgIpc) is 3.10. The van der Waals surface area contributed by atoms with Crippen LogP contribution in [-0.4, -0.2) is 28.8 Å². The van der Waals surface area contributed by atoms with E-state index in [0.29, 0.717) is 0 Å². The Morgan fingerprint density at radius 1 is 1.15 bits per heavy atom. The van der Waals surface area contributed by atoms with Crippen LogP contribution in [-0.2, 0) is 11.3 Å². The van der Waals surface area contributed by atoms with Gasteiger partial charge in [-0.3, -0.25) is 4.79 Å². The lowest BCUT2D eigenvalue weighted by atomic mass is 10.1. The highest BCUT2D eigenvalue weighted by atomic mass is 16.5. The molecule has 1 aromatic heterocycles. The van der Waals surface area contributed by atoms with Gasteiger partial charge in [0.2, 0.25) is 0 Å². The Morgan fingerprint density at radius 3 is 2.85 bits per heavy atom. The number of hydrogen-bond donors (Lipinski definition) is 1. The van der Waals surface area contributed by atoms with E-state index in [9.17, 15) is 4.79 Å². The van der Waals surface area contributed by atoms with Crippen molar-refractivity contribution in [3.05, 3.63) is 72.6 Å². The van der Waals surface area contributed by atoms with Crippen molar-refractivity contribution in [3.8, 4) is 5.75 Å². The number of rotatable bonds is 5. The minimum Gasteiger partial charge on any atom is -0.497 e. The molecule has 0 saturated heterocycles. The fourth-order valence-electron chi connectivity index (χ4n) is 2.95. The average molecular weight is 358 g/mol. The minimum atomic E-state index is -0.208. The molecule has 0 aliphatic heterocycles. The number of carbonyl (C=O) groups excluding carboxylic acids is 1. The smallest absolute Gasteiger partial charge is 0.260 e. The summed E-state index contributed by atoms with van der Waals surface area (Å²) in [6, 6.07) is 19.5. The number of benzene rings is 3. The topological polar surface area (TPSA) is 68.5 Å². The summed E-state index contributed by atoms with van der Waals surface area (Å²) in [4.78, 5) is 16.4. The van der Waals surface area contributed by atoms with Gasteiger partial charge in [-0.25, -0.2) is 10.4 Å². The van der Waals surface area contributed by atoms with Crippen LogP contribution >= 0.6 is 0 Å². The van der Waals surface area contributed by atoms with Gasteiger partial charge < -0.3 is 9.30 Å². The van der Waals surface area contributed by atoms with Gasteiger partial charge in [0.1, 0.15) is 12.3 Å². The number of carbonyl (C=O) groups is 1. The maximum Gasteiger partial charge on any atom is 0.260 e.